The van der Waals surface area contributed by atoms with Crippen LogP contribution < -0.4 is 4.72 Å². The minimum absolute atomic E-state index is 0.0250. The Morgan fingerprint density at radius 2 is 2.06 bits per heavy atom. The van der Waals surface area contributed by atoms with Gasteiger partial charge in [0.25, 0.3) is 0 Å². The van der Waals surface area contributed by atoms with Gasteiger partial charge in [-0.05, 0) is 25.1 Å². The van der Waals surface area contributed by atoms with Gasteiger partial charge in [0.05, 0.1) is 26.9 Å². The molecule has 0 fully saturated rings. The first kappa shape index (κ1) is 14.3. The predicted molar refractivity (Wildman–Crippen MR) is 66.4 cm³/mol. The van der Waals surface area contributed by atoms with Gasteiger partial charge in [-0.3, -0.25) is 0 Å². The average Bonchev–Trinajstić information content (AvgIpc) is 2.29. The molecule has 0 saturated carbocycles. The lowest BCUT2D eigenvalue weighted by Crippen LogP contribution is -2.27. The van der Waals surface area contributed by atoms with Gasteiger partial charge in [-0.25, -0.2) is 13.1 Å². The first-order valence-corrected chi connectivity index (χ1v) is 6.95. The van der Waals surface area contributed by atoms with Crippen LogP contribution in [0.25, 0.3) is 0 Å². The number of benzene rings is 1. The van der Waals surface area contributed by atoms with Crippen molar-refractivity contribution in [2.24, 2.45) is 5.92 Å². The molecule has 1 rings (SSSR count). The number of halogens is 2. The van der Waals surface area contributed by atoms with Crippen LogP contribution in [-0.2, 0) is 10.0 Å². The van der Waals surface area contributed by atoms with Gasteiger partial charge in [0, 0.05) is 6.54 Å². The van der Waals surface area contributed by atoms with E-state index in [0.717, 1.165) is 0 Å². The second kappa shape index (κ2) is 5.69. The van der Waals surface area contributed by atoms with E-state index in [9.17, 15) is 8.42 Å². The van der Waals surface area contributed by atoms with E-state index in [1.165, 1.54) is 18.2 Å². The maximum atomic E-state index is 11.8. The summed E-state index contributed by atoms with van der Waals surface area (Å²) in [6, 6.07) is 5.97. The lowest BCUT2D eigenvalue weighted by molar-refractivity contribution is 0.573. The van der Waals surface area contributed by atoms with Crippen molar-refractivity contribution in [3.05, 3.63) is 28.2 Å². The molecule has 0 aliphatic rings. The maximum absolute atomic E-state index is 11.8. The third-order valence-corrected chi connectivity index (χ3v) is 4.16. The summed E-state index contributed by atoms with van der Waals surface area (Å²) >= 11 is 11.4. The SMILES string of the molecule is CC(C#N)CNS(=O)(=O)c1ccc(Cl)c(Cl)c1. The lowest BCUT2D eigenvalue weighted by Gasteiger charge is -2.08. The number of hydrogen-bond donors (Lipinski definition) is 1. The molecule has 0 bridgehead atoms. The molecular weight excluding hydrogens is 283 g/mol. The van der Waals surface area contributed by atoms with Crippen molar-refractivity contribution >= 4 is 33.2 Å². The zero-order valence-corrected chi connectivity index (χ0v) is 11.3. The largest absolute Gasteiger partial charge is 0.240 e. The smallest absolute Gasteiger partial charge is 0.210 e. The summed E-state index contributed by atoms with van der Waals surface area (Å²) in [7, 11) is -3.65. The number of nitriles is 1. The monoisotopic (exact) mass is 292 g/mol. The topological polar surface area (TPSA) is 70.0 Å². The van der Waals surface area contributed by atoms with E-state index < -0.39 is 15.9 Å². The van der Waals surface area contributed by atoms with E-state index >= 15 is 0 Å². The Hall–Kier alpha value is -0.800. The van der Waals surface area contributed by atoms with Crippen LogP contribution >= 0.6 is 23.2 Å². The molecule has 0 radical (unpaired) electrons. The predicted octanol–water partition coefficient (Wildman–Crippen LogP) is 2.43. The summed E-state index contributed by atoms with van der Waals surface area (Å²) in [6.45, 7) is 1.68. The summed E-state index contributed by atoms with van der Waals surface area (Å²) in [5, 5.41) is 9.02. The van der Waals surface area contributed by atoms with Crippen LogP contribution in [0, 0.1) is 17.2 Å². The van der Waals surface area contributed by atoms with Crippen LogP contribution in [0.4, 0.5) is 0 Å². The number of nitrogens with one attached hydrogen (secondary N) is 1. The van der Waals surface area contributed by atoms with E-state index in [2.05, 4.69) is 4.72 Å². The minimum Gasteiger partial charge on any atom is -0.210 e. The van der Waals surface area contributed by atoms with Crippen LogP contribution in [0.15, 0.2) is 23.1 Å². The Kier molecular flexibility index (Phi) is 4.78. The Labute approximate surface area is 110 Å². The van der Waals surface area contributed by atoms with E-state index in [4.69, 9.17) is 28.5 Å². The highest BCUT2D eigenvalue weighted by Gasteiger charge is 2.16. The summed E-state index contributed by atoms with van der Waals surface area (Å²) in [5.41, 5.74) is 0. The zero-order chi connectivity index (χ0) is 13.1. The maximum Gasteiger partial charge on any atom is 0.240 e. The second-order valence-corrected chi connectivity index (χ2v) is 6.04. The number of nitrogens with zero attached hydrogens (tertiary/aromatic N) is 1. The normalized spacial score (nSPS) is 13.1. The molecule has 1 aromatic rings. The molecule has 1 unspecified atom stereocenters. The van der Waals surface area contributed by atoms with Crippen LogP contribution in [0.1, 0.15) is 6.92 Å². The first-order chi connectivity index (χ1) is 7.86. The van der Waals surface area contributed by atoms with Gasteiger partial charge in [-0.2, -0.15) is 5.26 Å². The molecule has 1 atom stereocenters. The molecule has 1 N–H and O–H groups in total. The summed E-state index contributed by atoms with van der Waals surface area (Å²) < 4.78 is 25.9. The van der Waals surface area contributed by atoms with E-state index in [-0.39, 0.29) is 21.5 Å². The number of hydrogen-bond acceptors (Lipinski definition) is 3. The van der Waals surface area contributed by atoms with Gasteiger partial charge in [0.2, 0.25) is 10.0 Å². The standard InChI is InChI=1S/C10H10Cl2N2O2S/c1-7(5-13)6-14-17(15,16)8-2-3-9(11)10(12)4-8/h2-4,7,14H,6H2,1H3. The molecule has 17 heavy (non-hydrogen) atoms. The molecule has 0 aliphatic carbocycles. The highest BCUT2D eigenvalue weighted by molar-refractivity contribution is 7.89. The van der Waals surface area contributed by atoms with Crippen LogP contribution in [0.2, 0.25) is 10.0 Å². The molecule has 4 nitrogen and oxygen atoms in total. The molecule has 0 saturated heterocycles. The van der Waals surface area contributed by atoms with Crippen molar-refractivity contribution in [2.75, 3.05) is 6.54 Å². The quantitative estimate of drug-likeness (QED) is 0.926. The highest BCUT2D eigenvalue weighted by Crippen LogP contribution is 2.24. The second-order valence-electron chi connectivity index (χ2n) is 3.46. The Bertz CT molecular complexity index is 552. The van der Waals surface area contributed by atoms with Gasteiger partial charge in [0.1, 0.15) is 0 Å². The Morgan fingerprint density at radius 1 is 1.41 bits per heavy atom. The van der Waals surface area contributed by atoms with Gasteiger partial charge in [-0.1, -0.05) is 23.2 Å². The van der Waals surface area contributed by atoms with Crippen molar-refractivity contribution in [2.45, 2.75) is 11.8 Å². The first-order valence-electron chi connectivity index (χ1n) is 4.71. The van der Waals surface area contributed by atoms with Crippen LogP contribution in [0.5, 0.6) is 0 Å². The van der Waals surface area contributed by atoms with Gasteiger partial charge in [0.15, 0.2) is 0 Å². The summed E-state index contributed by atoms with van der Waals surface area (Å²) in [4.78, 5) is 0.0250. The fourth-order valence-corrected chi connectivity index (χ4v) is 2.53. The Morgan fingerprint density at radius 3 is 2.59 bits per heavy atom. The van der Waals surface area contributed by atoms with E-state index in [1.807, 2.05) is 6.07 Å². The molecule has 7 heteroatoms. The molecule has 1 aromatic carbocycles. The molecule has 0 aromatic heterocycles. The van der Waals surface area contributed by atoms with Crippen LogP contribution in [-0.4, -0.2) is 15.0 Å². The number of sulfonamides is 1. The van der Waals surface area contributed by atoms with Crippen molar-refractivity contribution in [1.82, 2.24) is 4.72 Å². The third kappa shape index (κ3) is 3.86. The van der Waals surface area contributed by atoms with E-state index in [1.54, 1.807) is 6.92 Å². The van der Waals surface area contributed by atoms with E-state index in [0.29, 0.717) is 0 Å². The van der Waals surface area contributed by atoms with Crippen molar-refractivity contribution in [1.29, 1.82) is 5.26 Å². The average molecular weight is 293 g/mol. The number of rotatable bonds is 4. The molecule has 0 aliphatic heterocycles. The minimum atomic E-state index is -3.65. The fraction of sp³-hybridized carbons (Fsp3) is 0.300. The Balaban J connectivity index is 2.91. The van der Waals surface area contributed by atoms with Gasteiger partial charge >= 0.3 is 0 Å². The molecule has 0 spiro atoms. The summed E-state index contributed by atoms with van der Waals surface area (Å²) in [6.07, 6.45) is 0. The molecule has 92 valence electrons. The summed E-state index contributed by atoms with van der Waals surface area (Å²) in [5.74, 6) is -0.396. The van der Waals surface area contributed by atoms with Crippen molar-refractivity contribution < 1.29 is 8.42 Å². The molecule has 0 heterocycles. The third-order valence-electron chi connectivity index (χ3n) is 2.00. The molecular formula is C10H10Cl2N2O2S. The van der Waals surface area contributed by atoms with Crippen molar-refractivity contribution in [3.8, 4) is 6.07 Å². The van der Waals surface area contributed by atoms with Gasteiger partial charge < -0.3 is 0 Å². The lowest BCUT2D eigenvalue weighted by atomic mass is 10.2. The zero-order valence-electron chi connectivity index (χ0n) is 8.94. The van der Waals surface area contributed by atoms with Crippen molar-refractivity contribution in [3.63, 3.8) is 0 Å². The highest BCUT2D eigenvalue weighted by atomic mass is 35.5. The van der Waals surface area contributed by atoms with Crippen LogP contribution in [0.3, 0.4) is 0 Å². The molecule has 0 amide bonds. The van der Waals surface area contributed by atoms with Gasteiger partial charge in [-0.15, -0.1) is 0 Å². The fourth-order valence-electron chi connectivity index (χ4n) is 1.01.